The number of rotatable bonds is 7. The number of aromatic carboxylic acids is 2. The fraction of sp³-hybridized carbons (Fsp3) is 0.0667. The third-order valence-corrected chi connectivity index (χ3v) is 6.09. The first-order valence-corrected chi connectivity index (χ1v) is 11.4. The summed E-state index contributed by atoms with van der Waals surface area (Å²) in [5, 5.41) is 20.6. The number of carboxylic acids is 2. The molecule has 8 heteroatoms. The Morgan fingerprint density at radius 2 is 0.763 bits per heavy atom. The van der Waals surface area contributed by atoms with Crippen LogP contribution in [0.5, 0.6) is 0 Å². The van der Waals surface area contributed by atoms with Crippen LogP contribution in [0.25, 0.3) is 33.4 Å². The fourth-order valence-electron chi connectivity index (χ4n) is 4.48. The SMILES string of the molecule is COC(=O)c1ccccc1-c1cccc(-c2cccc(-c3ccccc3C(=O)OC)c2C(=O)O)c1C(=O)O. The molecular weight excluding hydrogens is 488 g/mol. The van der Waals surface area contributed by atoms with Gasteiger partial charge in [0, 0.05) is 0 Å². The summed E-state index contributed by atoms with van der Waals surface area (Å²) in [6, 6.07) is 22.1. The number of methoxy groups -OCH3 is 2. The molecule has 0 bridgehead atoms. The van der Waals surface area contributed by atoms with Gasteiger partial charge in [0.2, 0.25) is 0 Å². The van der Waals surface area contributed by atoms with Gasteiger partial charge in [-0.05, 0) is 45.5 Å². The van der Waals surface area contributed by atoms with E-state index in [0.717, 1.165) is 0 Å². The average molecular weight is 510 g/mol. The topological polar surface area (TPSA) is 127 Å². The third kappa shape index (κ3) is 4.62. The summed E-state index contributed by atoms with van der Waals surface area (Å²) >= 11 is 0. The Hall–Kier alpha value is -5.24. The molecule has 0 aliphatic carbocycles. The lowest BCUT2D eigenvalue weighted by atomic mass is 9.85. The van der Waals surface area contributed by atoms with Crippen molar-refractivity contribution in [3.8, 4) is 33.4 Å². The predicted molar refractivity (Wildman–Crippen MR) is 139 cm³/mol. The first-order valence-electron chi connectivity index (χ1n) is 11.4. The summed E-state index contributed by atoms with van der Waals surface area (Å²) in [7, 11) is 2.45. The molecule has 0 amide bonds. The second-order valence-electron chi connectivity index (χ2n) is 8.14. The predicted octanol–water partition coefficient (Wildman–Crippen LogP) is 5.66. The highest BCUT2D eigenvalue weighted by atomic mass is 16.5. The lowest BCUT2D eigenvalue weighted by Crippen LogP contribution is -2.10. The molecule has 4 aromatic carbocycles. The second kappa shape index (κ2) is 10.8. The Kier molecular flexibility index (Phi) is 7.34. The quantitative estimate of drug-likeness (QED) is 0.305. The highest BCUT2D eigenvalue weighted by Gasteiger charge is 2.26. The van der Waals surface area contributed by atoms with Crippen LogP contribution < -0.4 is 0 Å². The van der Waals surface area contributed by atoms with Gasteiger partial charge >= 0.3 is 23.9 Å². The number of carbonyl (C=O) groups excluding carboxylic acids is 2. The minimum atomic E-state index is -1.31. The molecule has 0 fully saturated rings. The zero-order valence-corrected chi connectivity index (χ0v) is 20.4. The molecule has 190 valence electrons. The Bertz CT molecular complexity index is 1470. The number of hydrogen-bond donors (Lipinski definition) is 2. The van der Waals surface area contributed by atoms with Crippen LogP contribution in [0.1, 0.15) is 41.4 Å². The Labute approximate surface area is 217 Å². The summed E-state index contributed by atoms with van der Waals surface area (Å²) in [6.07, 6.45) is 0. The molecule has 4 rings (SSSR count). The van der Waals surface area contributed by atoms with Crippen LogP contribution in [-0.2, 0) is 9.47 Å². The maximum absolute atomic E-state index is 12.6. The summed E-state index contributed by atoms with van der Waals surface area (Å²) in [4.78, 5) is 50.1. The number of carbonyl (C=O) groups is 4. The van der Waals surface area contributed by atoms with Crippen LogP contribution in [0.4, 0.5) is 0 Å². The first kappa shape index (κ1) is 25.8. The van der Waals surface area contributed by atoms with Crippen molar-refractivity contribution in [1.82, 2.24) is 0 Å². The van der Waals surface area contributed by atoms with E-state index in [0.29, 0.717) is 11.1 Å². The van der Waals surface area contributed by atoms with Crippen molar-refractivity contribution in [3.05, 3.63) is 107 Å². The van der Waals surface area contributed by atoms with E-state index in [1.165, 1.54) is 38.5 Å². The molecule has 0 aliphatic rings. The highest BCUT2D eigenvalue weighted by Crippen LogP contribution is 2.39. The van der Waals surface area contributed by atoms with Gasteiger partial charge in [-0.15, -0.1) is 0 Å². The van der Waals surface area contributed by atoms with Crippen LogP contribution in [-0.4, -0.2) is 48.3 Å². The molecule has 0 heterocycles. The summed E-state index contributed by atoms with van der Waals surface area (Å²) in [6.45, 7) is 0. The van der Waals surface area contributed by atoms with Gasteiger partial charge in [0.1, 0.15) is 0 Å². The van der Waals surface area contributed by atoms with Gasteiger partial charge in [-0.1, -0.05) is 72.8 Å². The largest absolute Gasteiger partial charge is 0.478 e. The van der Waals surface area contributed by atoms with Crippen LogP contribution in [0.2, 0.25) is 0 Å². The minimum absolute atomic E-state index is 0.129. The maximum atomic E-state index is 12.6. The molecule has 4 aromatic rings. The average Bonchev–Trinajstić information content (AvgIpc) is 2.95. The molecule has 0 saturated carbocycles. The molecule has 2 N–H and O–H groups in total. The van der Waals surface area contributed by atoms with Gasteiger partial charge in [-0.2, -0.15) is 0 Å². The van der Waals surface area contributed by atoms with Crippen molar-refractivity contribution in [3.63, 3.8) is 0 Å². The number of benzene rings is 4. The molecule has 0 saturated heterocycles. The van der Waals surface area contributed by atoms with Crippen molar-refractivity contribution in [2.45, 2.75) is 0 Å². The molecular formula is C30H22O8. The molecule has 0 spiro atoms. The molecule has 0 atom stereocenters. The summed E-state index contributed by atoms with van der Waals surface area (Å²) in [5.41, 5.74) is 1.27. The van der Waals surface area contributed by atoms with Crippen LogP contribution in [0.15, 0.2) is 84.9 Å². The van der Waals surface area contributed by atoms with Gasteiger partial charge in [0.15, 0.2) is 0 Å². The van der Waals surface area contributed by atoms with E-state index < -0.39 is 23.9 Å². The monoisotopic (exact) mass is 510 g/mol. The lowest BCUT2D eigenvalue weighted by Gasteiger charge is -2.18. The van der Waals surface area contributed by atoms with E-state index in [1.807, 2.05) is 0 Å². The third-order valence-electron chi connectivity index (χ3n) is 6.09. The lowest BCUT2D eigenvalue weighted by molar-refractivity contribution is 0.0592. The smallest absolute Gasteiger partial charge is 0.338 e. The Morgan fingerprint density at radius 3 is 1.08 bits per heavy atom. The molecule has 0 aliphatic heterocycles. The van der Waals surface area contributed by atoms with Crippen molar-refractivity contribution in [2.24, 2.45) is 0 Å². The fourth-order valence-corrected chi connectivity index (χ4v) is 4.48. The highest BCUT2D eigenvalue weighted by molar-refractivity contribution is 6.11. The van der Waals surface area contributed by atoms with E-state index in [1.54, 1.807) is 60.7 Å². The van der Waals surface area contributed by atoms with Crippen molar-refractivity contribution in [1.29, 1.82) is 0 Å². The molecule has 8 nitrogen and oxygen atoms in total. The number of esters is 2. The van der Waals surface area contributed by atoms with Crippen LogP contribution >= 0.6 is 0 Å². The second-order valence-corrected chi connectivity index (χ2v) is 8.14. The zero-order valence-electron chi connectivity index (χ0n) is 20.4. The summed E-state index contributed by atoms with van der Waals surface area (Å²) in [5.74, 6) is -3.91. The van der Waals surface area contributed by atoms with Gasteiger partial charge in [0.25, 0.3) is 0 Å². The van der Waals surface area contributed by atoms with Crippen LogP contribution in [0.3, 0.4) is 0 Å². The molecule has 0 radical (unpaired) electrons. The summed E-state index contributed by atoms with van der Waals surface area (Å²) < 4.78 is 9.73. The first-order chi connectivity index (χ1) is 18.3. The number of hydrogen-bond acceptors (Lipinski definition) is 6. The minimum Gasteiger partial charge on any atom is -0.478 e. The van der Waals surface area contributed by atoms with E-state index in [2.05, 4.69) is 0 Å². The zero-order chi connectivity index (χ0) is 27.4. The van der Waals surface area contributed by atoms with Crippen LogP contribution in [0, 0.1) is 0 Å². The Balaban J connectivity index is 2.05. The van der Waals surface area contributed by atoms with Crippen molar-refractivity contribution < 1.29 is 38.9 Å². The van der Waals surface area contributed by atoms with E-state index in [-0.39, 0.29) is 44.5 Å². The van der Waals surface area contributed by atoms with Gasteiger partial charge < -0.3 is 19.7 Å². The maximum Gasteiger partial charge on any atom is 0.338 e. The normalized spacial score (nSPS) is 10.5. The van der Waals surface area contributed by atoms with E-state index in [9.17, 15) is 29.4 Å². The standard InChI is InChI=1S/C30H22O8/c1-37-29(35)23-11-5-3-9-17(23)19-13-7-15-21(25(19)27(31)32)22-16-8-14-20(26(22)28(33)34)18-10-4-6-12-24(18)30(36)38-2/h3-16H,1-2H3,(H,31,32)(H,33,34). The Morgan fingerprint density at radius 1 is 0.474 bits per heavy atom. The van der Waals surface area contributed by atoms with Crippen molar-refractivity contribution in [2.75, 3.05) is 14.2 Å². The van der Waals surface area contributed by atoms with Gasteiger partial charge in [-0.25, -0.2) is 19.2 Å². The van der Waals surface area contributed by atoms with Gasteiger partial charge in [-0.3, -0.25) is 0 Å². The van der Waals surface area contributed by atoms with Gasteiger partial charge in [0.05, 0.1) is 36.5 Å². The molecule has 0 unspecified atom stereocenters. The molecule has 0 aromatic heterocycles. The van der Waals surface area contributed by atoms with E-state index in [4.69, 9.17) is 9.47 Å². The number of carboxylic acid groups (broad SMARTS) is 2. The number of ether oxygens (including phenoxy) is 2. The molecule has 38 heavy (non-hydrogen) atoms. The van der Waals surface area contributed by atoms with Crippen molar-refractivity contribution >= 4 is 23.9 Å². The van der Waals surface area contributed by atoms with E-state index >= 15 is 0 Å².